The largest absolute Gasteiger partial charge is 0.338 e. The highest BCUT2D eigenvalue weighted by Gasteiger charge is 2.27. The Morgan fingerprint density at radius 1 is 1.15 bits per heavy atom. The van der Waals surface area contributed by atoms with Crippen LogP contribution in [0.5, 0.6) is 0 Å². The number of pyridine rings is 2. The number of H-pyrrole nitrogens is 1. The Labute approximate surface area is 190 Å². The van der Waals surface area contributed by atoms with Gasteiger partial charge in [-0.25, -0.2) is 9.97 Å². The monoisotopic (exact) mass is 445 g/mol. The van der Waals surface area contributed by atoms with Crippen molar-refractivity contribution in [1.82, 2.24) is 25.1 Å². The van der Waals surface area contributed by atoms with Crippen LogP contribution in [0, 0.1) is 5.92 Å². The average Bonchev–Trinajstić information content (AvgIpc) is 3.40. The Balaban J connectivity index is 1.35. The molecule has 0 bridgehead atoms. The molecule has 33 heavy (non-hydrogen) atoms. The summed E-state index contributed by atoms with van der Waals surface area (Å²) in [6.07, 6.45) is 5.81. The maximum Gasteiger partial charge on any atom is 0.275 e. The van der Waals surface area contributed by atoms with Crippen LogP contribution in [0.4, 0.5) is 11.5 Å². The Morgan fingerprint density at radius 3 is 2.76 bits per heavy atom. The van der Waals surface area contributed by atoms with Crippen LogP contribution < -0.4 is 10.6 Å². The second kappa shape index (κ2) is 9.86. The molecule has 3 N–H and O–H groups in total. The lowest BCUT2D eigenvalue weighted by Gasteiger charge is -2.31. The van der Waals surface area contributed by atoms with Crippen molar-refractivity contribution in [3.63, 3.8) is 0 Å². The molecule has 0 aromatic carbocycles. The van der Waals surface area contributed by atoms with E-state index < -0.39 is 5.91 Å². The molecule has 168 valence electrons. The van der Waals surface area contributed by atoms with Gasteiger partial charge in [0.05, 0.1) is 29.2 Å². The topological polar surface area (TPSA) is 133 Å². The standard InChI is InChI=1S/C23H23N7O3/c1-2-21(31)30-12-4-5-15(14-30)22(32)26-16-8-9-20(24-13-16)28-23(33)19-7-3-6-17(27-19)18-10-11-25-29-18/h2-3,6-11,13,15H,1,4-5,12,14H2,(H,25,29)(H,26,32)(H,24,28,33)/t15-/m0/s1. The van der Waals surface area contributed by atoms with E-state index in [1.54, 1.807) is 47.5 Å². The third kappa shape index (κ3) is 5.29. The SMILES string of the molecule is C=CC(=O)N1CCC[C@H](C(=O)Nc2ccc(NC(=O)c3cccc(-c4ccn[nH]4)n3)nc2)C1. The molecule has 1 saturated heterocycles. The number of aromatic nitrogens is 4. The number of likely N-dealkylation sites (tertiary alicyclic amines) is 1. The number of anilines is 2. The molecule has 1 aliphatic rings. The van der Waals surface area contributed by atoms with Gasteiger partial charge >= 0.3 is 0 Å². The van der Waals surface area contributed by atoms with E-state index in [1.807, 2.05) is 0 Å². The minimum absolute atomic E-state index is 0.168. The molecule has 3 aromatic rings. The fourth-order valence-electron chi connectivity index (χ4n) is 3.60. The summed E-state index contributed by atoms with van der Waals surface area (Å²) < 4.78 is 0. The molecule has 3 amide bonds. The first-order valence-electron chi connectivity index (χ1n) is 10.5. The minimum Gasteiger partial charge on any atom is -0.338 e. The van der Waals surface area contributed by atoms with E-state index >= 15 is 0 Å². The summed E-state index contributed by atoms with van der Waals surface area (Å²) in [6.45, 7) is 4.49. The van der Waals surface area contributed by atoms with Crippen molar-refractivity contribution in [2.75, 3.05) is 23.7 Å². The molecule has 1 fully saturated rings. The molecule has 0 unspecified atom stereocenters. The van der Waals surface area contributed by atoms with Crippen molar-refractivity contribution < 1.29 is 14.4 Å². The van der Waals surface area contributed by atoms with E-state index in [4.69, 9.17) is 0 Å². The van der Waals surface area contributed by atoms with Crippen LogP contribution in [0.25, 0.3) is 11.4 Å². The van der Waals surface area contributed by atoms with Gasteiger partial charge in [-0.05, 0) is 49.2 Å². The number of amides is 3. The molecule has 0 saturated carbocycles. The lowest BCUT2D eigenvalue weighted by atomic mass is 9.97. The van der Waals surface area contributed by atoms with E-state index in [0.29, 0.717) is 42.4 Å². The number of carbonyl (C=O) groups excluding carboxylic acids is 3. The van der Waals surface area contributed by atoms with Crippen LogP contribution in [-0.4, -0.2) is 55.9 Å². The Hall–Kier alpha value is -4.34. The van der Waals surface area contributed by atoms with Gasteiger partial charge in [-0.1, -0.05) is 12.6 Å². The van der Waals surface area contributed by atoms with Crippen molar-refractivity contribution in [3.05, 3.63) is 67.1 Å². The van der Waals surface area contributed by atoms with Gasteiger partial charge in [0.15, 0.2) is 0 Å². The summed E-state index contributed by atoms with van der Waals surface area (Å²) in [5.74, 6) is -0.717. The molecule has 4 heterocycles. The smallest absolute Gasteiger partial charge is 0.275 e. The number of rotatable bonds is 6. The third-order valence-corrected chi connectivity index (χ3v) is 5.31. The predicted octanol–water partition coefficient (Wildman–Crippen LogP) is 2.48. The van der Waals surface area contributed by atoms with E-state index in [2.05, 4.69) is 37.4 Å². The van der Waals surface area contributed by atoms with E-state index in [0.717, 1.165) is 6.42 Å². The van der Waals surface area contributed by atoms with Crippen LogP contribution in [-0.2, 0) is 9.59 Å². The Kier molecular flexibility index (Phi) is 6.53. The highest BCUT2D eigenvalue weighted by Crippen LogP contribution is 2.20. The first-order valence-corrected chi connectivity index (χ1v) is 10.5. The molecule has 4 rings (SSSR count). The molecule has 3 aromatic heterocycles. The normalized spacial score (nSPS) is 15.5. The summed E-state index contributed by atoms with van der Waals surface area (Å²) in [4.78, 5) is 47.2. The van der Waals surface area contributed by atoms with Gasteiger partial charge in [-0.3, -0.25) is 19.5 Å². The number of piperidine rings is 1. The van der Waals surface area contributed by atoms with Gasteiger partial charge in [-0.15, -0.1) is 0 Å². The van der Waals surface area contributed by atoms with Gasteiger partial charge in [0.2, 0.25) is 11.8 Å². The zero-order valence-electron chi connectivity index (χ0n) is 17.8. The second-order valence-electron chi connectivity index (χ2n) is 7.58. The number of aromatic amines is 1. The molecule has 1 atom stereocenters. The summed E-state index contributed by atoms with van der Waals surface area (Å²) in [5, 5.41) is 12.2. The van der Waals surface area contributed by atoms with E-state index in [1.165, 1.54) is 12.3 Å². The van der Waals surface area contributed by atoms with Crippen LogP contribution in [0.3, 0.4) is 0 Å². The average molecular weight is 445 g/mol. The lowest BCUT2D eigenvalue weighted by molar-refractivity contribution is -0.130. The van der Waals surface area contributed by atoms with E-state index in [-0.39, 0.29) is 23.4 Å². The Bertz CT molecular complexity index is 1160. The highest BCUT2D eigenvalue weighted by molar-refractivity contribution is 6.02. The van der Waals surface area contributed by atoms with Gasteiger partial charge < -0.3 is 15.5 Å². The lowest BCUT2D eigenvalue weighted by Crippen LogP contribution is -2.43. The highest BCUT2D eigenvalue weighted by atomic mass is 16.2. The van der Waals surface area contributed by atoms with Crippen LogP contribution >= 0.6 is 0 Å². The number of carbonyl (C=O) groups is 3. The predicted molar refractivity (Wildman–Crippen MR) is 122 cm³/mol. The van der Waals surface area contributed by atoms with Gasteiger partial charge in [-0.2, -0.15) is 5.10 Å². The van der Waals surface area contributed by atoms with Gasteiger partial charge in [0, 0.05) is 19.3 Å². The van der Waals surface area contributed by atoms with Crippen molar-refractivity contribution in [1.29, 1.82) is 0 Å². The zero-order valence-corrected chi connectivity index (χ0v) is 17.8. The van der Waals surface area contributed by atoms with Crippen molar-refractivity contribution >= 4 is 29.2 Å². The zero-order chi connectivity index (χ0) is 23.2. The van der Waals surface area contributed by atoms with Gasteiger partial charge in [0.25, 0.3) is 5.91 Å². The first kappa shape index (κ1) is 21.9. The summed E-state index contributed by atoms with van der Waals surface area (Å²) in [7, 11) is 0. The summed E-state index contributed by atoms with van der Waals surface area (Å²) >= 11 is 0. The molecular formula is C23H23N7O3. The molecule has 0 radical (unpaired) electrons. The maximum absolute atomic E-state index is 12.6. The molecule has 1 aliphatic heterocycles. The van der Waals surface area contributed by atoms with Crippen molar-refractivity contribution in [2.24, 2.45) is 5.92 Å². The molecule has 0 aliphatic carbocycles. The number of hydrogen-bond donors (Lipinski definition) is 3. The minimum atomic E-state index is -0.408. The molecular weight excluding hydrogens is 422 g/mol. The van der Waals surface area contributed by atoms with Crippen molar-refractivity contribution in [2.45, 2.75) is 12.8 Å². The number of hydrogen-bond acceptors (Lipinski definition) is 6. The number of nitrogens with zero attached hydrogens (tertiary/aromatic N) is 4. The number of nitrogens with one attached hydrogen (secondary N) is 3. The fourth-order valence-corrected chi connectivity index (χ4v) is 3.60. The fraction of sp³-hybridized carbons (Fsp3) is 0.217. The van der Waals surface area contributed by atoms with Gasteiger partial charge in [0.1, 0.15) is 11.5 Å². The van der Waals surface area contributed by atoms with Crippen LogP contribution in [0.2, 0.25) is 0 Å². The first-order chi connectivity index (χ1) is 16.0. The molecule has 0 spiro atoms. The maximum atomic E-state index is 12.6. The quantitative estimate of drug-likeness (QED) is 0.499. The van der Waals surface area contributed by atoms with Crippen molar-refractivity contribution in [3.8, 4) is 11.4 Å². The Morgan fingerprint density at radius 2 is 2.03 bits per heavy atom. The van der Waals surface area contributed by atoms with E-state index in [9.17, 15) is 14.4 Å². The van der Waals surface area contributed by atoms with Crippen LogP contribution in [0.15, 0.2) is 61.4 Å². The third-order valence-electron chi connectivity index (χ3n) is 5.31. The second-order valence-corrected chi connectivity index (χ2v) is 7.58. The summed E-state index contributed by atoms with van der Waals surface area (Å²) in [5.41, 5.74) is 2.04. The molecule has 10 nitrogen and oxygen atoms in total. The molecule has 10 heteroatoms. The summed E-state index contributed by atoms with van der Waals surface area (Å²) in [6, 6.07) is 10.1. The van der Waals surface area contributed by atoms with Crippen LogP contribution in [0.1, 0.15) is 23.3 Å².